The van der Waals surface area contributed by atoms with Crippen LogP contribution >= 0.6 is 0 Å². The first-order valence-electron chi connectivity index (χ1n) is 6.92. The summed E-state index contributed by atoms with van der Waals surface area (Å²) in [7, 11) is 0. The molecule has 0 amide bonds. The van der Waals surface area contributed by atoms with E-state index in [9.17, 15) is 4.79 Å². The molecule has 0 aliphatic heterocycles. The van der Waals surface area contributed by atoms with Crippen LogP contribution in [0.4, 0.5) is 0 Å². The fraction of sp³-hybridized carbons (Fsp3) is 0.176. The zero-order valence-corrected chi connectivity index (χ0v) is 12.0. The standard InChI is InChI=1S/C17H15NO4/c1-11(21-10-15-9-16(17(19)20)18-22-15)13-7-6-12-4-2-3-5-14(12)8-13/h2-9,11H,10H2,1H3,(H,19,20). The van der Waals surface area contributed by atoms with Crippen LogP contribution in [0.5, 0.6) is 0 Å². The normalized spacial score (nSPS) is 12.4. The Labute approximate surface area is 127 Å². The molecule has 3 aromatic rings. The number of carboxylic acid groups (broad SMARTS) is 1. The Hall–Kier alpha value is -2.66. The number of nitrogens with zero attached hydrogens (tertiary/aromatic N) is 1. The highest BCUT2D eigenvalue weighted by Crippen LogP contribution is 2.23. The molecule has 0 spiro atoms. The number of hydrogen-bond donors (Lipinski definition) is 1. The quantitative estimate of drug-likeness (QED) is 0.775. The van der Waals surface area contributed by atoms with Gasteiger partial charge in [0.15, 0.2) is 11.5 Å². The van der Waals surface area contributed by atoms with Gasteiger partial charge in [0.2, 0.25) is 0 Å². The smallest absolute Gasteiger partial charge is 0.358 e. The van der Waals surface area contributed by atoms with Gasteiger partial charge in [-0.05, 0) is 29.3 Å². The van der Waals surface area contributed by atoms with E-state index >= 15 is 0 Å². The van der Waals surface area contributed by atoms with Gasteiger partial charge in [-0.25, -0.2) is 4.79 Å². The number of hydrogen-bond acceptors (Lipinski definition) is 4. The van der Waals surface area contributed by atoms with Gasteiger partial charge in [-0.2, -0.15) is 0 Å². The second-order valence-corrected chi connectivity index (χ2v) is 5.04. The van der Waals surface area contributed by atoms with Crippen LogP contribution < -0.4 is 0 Å². The lowest BCUT2D eigenvalue weighted by Crippen LogP contribution is -2.00. The van der Waals surface area contributed by atoms with Crippen molar-refractivity contribution in [1.29, 1.82) is 0 Å². The zero-order chi connectivity index (χ0) is 15.5. The van der Waals surface area contributed by atoms with Crippen molar-refractivity contribution >= 4 is 16.7 Å². The topological polar surface area (TPSA) is 72.6 Å². The highest BCUT2D eigenvalue weighted by molar-refractivity contribution is 5.85. The summed E-state index contributed by atoms with van der Waals surface area (Å²) in [6, 6.07) is 15.7. The summed E-state index contributed by atoms with van der Waals surface area (Å²) in [6.45, 7) is 2.12. The van der Waals surface area contributed by atoms with Crippen LogP contribution in [-0.4, -0.2) is 16.2 Å². The van der Waals surface area contributed by atoms with Crippen molar-refractivity contribution in [2.75, 3.05) is 0 Å². The van der Waals surface area contributed by atoms with Crippen LogP contribution in [0.15, 0.2) is 53.1 Å². The minimum Gasteiger partial charge on any atom is -0.476 e. The molecule has 1 heterocycles. The number of rotatable bonds is 5. The Balaban J connectivity index is 1.69. The molecule has 1 aromatic heterocycles. The van der Waals surface area contributed by atoms with Gasteiger partial charge < -0.3 is 14.4 Å². The van der Waals surface area contributed by atoms with Gasteiger partial charge in [0.05, 0.1) is 6.10 Å². The summed E-state index contributed by atoms with van der Waals surface area (Å²) < 4.78 is 10.7. The van der Waals surface area contributed by atoms with E-state index in [1.54, 1.807) is 0 Å². The predicted octanol–water partition coefficient (Wildman–Crippen LogP) is 3.80. The van der Waals surface area contributed by atoms with Gasteiger partial charge in [-0.3, -0.25) is 0 Å². The van der Waals surface area contributed by atoms with Crippen molar-refractivity contribution in [3.05, 3.63) is 65.5 Å². The maximum absolute atomic E-state index is 10.7. The molecular weight excluding hydrogens is 282 g/mol. The average Bonchev–Trinajstić information content (AvgIpc) is 3.01. The molecular formula is C17H15NO4. The Morgan fingerprint density at radius 2 is 2.00 bits per heavy atom. The van der Waals surface area contributed by atoms with Crippen LogP contribution in [0.3, 0.4) is 0 Å². The van der Waals surface area contributed by atoms with Crippen LogP contribution in [0.2, 0.25) is 0 Å². The van der Waals surface area contributed by atoms with Gasteiger partial charge in [0.25, 0.3) is 0 Å². The van der Waals surface area contributed by atoms with E-state index in [1.165, 1.54) is 11.5 Å². The molecule has 0 aliphatic carbocycles. The number of ether oxygens (including phenoxy) is 1. The molecule has 0 saturated carbocycles. The number of aromatic carboxylic acids is 1. The van der Waals surface area contributed by atoms with Gasteiger partial charge >= 0.3 is 5.97 Å². The minimum absolute atomic E-state index is 0.114. The number of carbonyl (C=O) groups is 1. The lowest BCUT2D eigenvalue weighted by molar-refractivity contribution is 0.0390. The van der Waals surface area contributed by atoms with E-state index in [0.29, 0.717) is 5.76 Å². The highest BCUT2D eigenvalue weighted by atomic mass is 16.5. The first-order valence-corrected chi connectivity index (χ1v) is 6.92. The van der Waals surface area contributed by atoms with Crippen LogP contribution in [0, 0.1) is 0 Å². The molecule has 0 saturated heterocycles. The minimum atomic E-state index is -1.11. The Morgan fingerprint density at radius 3 is 2.73 bits per heavy atom. The summed E-state index contributed by atoms with van der Waals surface area (Å²) in [4.78, 5) is 10.7. The molecule has 3 rings (SSSR count). The van der Waals surface area contributed by atoms with Crippen LogP contribution in [-0.2, 0) is 11.3 Å². The first-order chi connectivity index (χ1) is 10.6. The first kappa shape index (κ1) is 14.3. The second kappa shape index (κ2) is 5.99. The van der Waals surface area contributed by atoms with Gasteiger partial charge in [0, 0.05) is 6.07 Å². The number of fused-ring (bicyclic) bond motifs is 1. The number of benzene rings is 2. The lowest BCUT2D eigenvalue weighted by atomic mass is 10.0. The van der Waals surface area contributed by atoms with Crippen molar-refractivity contribution < 1.29 is 19.2 Å². The highest BCUT2D eigenvalue weighted by Gasteiger charge is 2.13. The van der Waals surface area contributed by atoms with E-state index in [0.717, 1.165) is 10.9 Å². The molecule has 2 aromatic carbocycles. The Bertz CT molecular complexity index is 809. The second-order valence-electron chi connectivity index (χ2n) is 5.04. The largest absolute Gasteiger partial charge is 0.476 e. The van der Waals surface area contributed by atoms with E-state index in [2.05, 4.69) is 29.4 Å². The summed E-state index contributed by atoms with van der Waals surface area (Å²) >= 11 is 0. The van der Waals surface area contributed by atoms with E-state index in [-0.39, 0.29) is 18.4 Å². The lowest BCUT2D eigenvalue weighted by Gasteiger charge is -2.13. The molecule has 1 N–H and O–H groups in total. The van der Waals surface area contributed by atoms with Crippen molar-refractivity contribution in [1.82, 2.24) is 5.16 Å². The maximum Gasteiger partial charge on any atom is 0.358 e. The van der Waals surface area contributed by atoms with E-state index < -0.39 is 5.97 Å². The Morgan fingerprint density at radius 1 is 1.23 bits per heavy atom. The van der Waals surface area contributed by atoms with Gasteiger partial charge in [-0.15, -0.1) is 0 Å². The molecule has 1 atom stereocenters. The molecule has 112 valence electrons. The molecule has 0 bridgehead atoms. The summed E-state index contributed by atoms with van der Waals surface area (Å²) in [6.07, 6.45) is -0.136. The average molecular weight is 297 g/mol. The molecule has 0 aliphatic rings. The van der Waals surface area contributed by atoms with E-state index in [4.69, 9.17) is 14.4 Å². The number of carboxylic acids is 1. The fourth-order valence-electron chi connectivity index (χ4n) is 2.25. The summed E-state index contributed by atoms with van der Waals surface area (Å²) in [5, 5.41) is 14.6. The molecule has 5 nitrogen and oxygen atoms in total. The van der Waals surface area contributed by atoms with Crippen molar-refractivity contribution in [2.45, 2.75) is 19.6 Å². The van der Waals surface area contributed by atoms with Crippen molar-refractivity contribution in [2.24, 2.45) is 0 Å². The van der Waals surface area contributed by atoms with Gasteiger partial charge in [0.1, 0.15) is 6.61 Å². The Kier molecular flexibility index (Phi) is 3.89. The maximum atomic E-state index is 10.7. The summed E-state index contributed by atoms with van der Waals surface area (Å²) in [5.74, 6) is -0.720. The zero-order valence-electron chi connectivity index (χ0n) is 12.0. The van der Waals surface area contributed by atoms with Crippen molar-refractivity contribution in [3.63, 3.8) is 0 Å². The molecule has 5 heteroatoms. The predicted molar refractivity (Wildman–Crippen MR) is 80.6 cm³/mol. The third-order valence-corrected chi connectivity index (χ3v) is 3.50. The van der Waals surface area contributed by atoms with E-state index in [1.807, 2.05) is 25.1 Å². The van der Waals surface area contributed by atoms with Crippen LogP contribution in [0.25, 0.3) is 10.8 Å². The van der Waals surface area contributed by atoms with Crippen LogP contribution in [0.1, 0.15) is 34.8 Å². The monoisotopic (exact) mass is 297 g/mol. The molecule has 22 heavy (non-hydrogen) atoms. The van der Waals surface area contributed by atoms with Crippen molar-refractivity contribution in [3.8, 4) is 0 Å². The number of aromatic nitrogens is 1. The fourth-order valence-corrected chi connectivity index (χ4v) is 2.25. The summed E-state index contributed by atoms with van der Waals surface area (Å²) in [5.41, 5.74) is 0.939. The SMILES string of the molecule is CC(OCc1cc(C(=O)O)no1)c1ccc2ccccc2c1. The molecule has 0 radical (unpaired) electrons. The third kappa shape index (κ3) is 2.99. The third-order valence-electron chi connectivity index (χ3n) is 3.50. The molecule has 0 fully saturated rings. The van der Waals surface area contributed by atoms with Gasteiger partial charge in [-0.1, -0.05) is 41.6 Å². The molecule has 1 unspecified atom stereocenters.